The second-order valence-electron chi connectivity index (χ2n) is 7.59. The fraction of sp³-hybridized carbons (Fsp3) is 0.174. The van der Waals surface area contributed by atoms with Gasteiger partial charge in [0.25, 0.3) is 0 Å². The monoisotopic (exact) mass is 454 g/mol. The summed E-state index contributed by atoms with van der Waals surface area (Å²) >= 11 is 0. The molecule has 0 saturated carbocycles. The average molecular weight is 455 g/mol. The van der Waals surface area contributed by atoms with Gasteiger partial charge < -0.3 is 4.98 Å². The number of aromatic nitrogens is 3. The first-order chi connectivity index (χ1) is 15.3. The lowest BCUT2D eigenvalue weighted by Gasteiger charge is -2.12. The minimum atomic E-state index is -1.81. The van der Waals surface area contributed by atoms with Gasteiger partial charge in [0, 0.05) is 6.20 Å². The second kappa shape index (κ2) is 8.58. The molecule has 32 heavy (non-hydrogen) atoms. The topological polar surface area (TPSA) is 87.7 Å². The van der Waals surface area contributed by atoms with Crippen LogP contribution in [0.5, 0.6) is 0 Å². The van der Waals surface area contributed by atoms with Crippen molar-refractivity contribution in [1.82, 2.24) is 15.0 Å². The van der Waals surface area contributed by atoms with Crippen LogP contribution in [0.3, 0.4) is 0 Å². The van der Waals surface area contributed by atoms with Gasteiger partial charge in [-0.2, -0.15) is 0 Å². The number of ketones is 1. The third-order valence-electron chi connectivity index (χ3n) is 5.19. The summed E-state index contributed by atoms with van der Waals surface area (Å²) in [6.07, 6.45) is 2.68. The van der Waals surface area contributed by atoms with E-state index in [-0.39, 0.29) is 11.3 Å². The van der Waals surface area contributed by atoms with E-state index >= 15 is 4.39 Å². The summed E-state index contributed by atoms with van der Waals surface area (Å²) in [6.45, 7) is 5.75. The zero-order chi connectivity index (χ0) is 23.0. The number of hydrogen-bond donors (Lipinski definition) is 2. The molecule has 2 aromatic heterocycles. The Hall–Kier alpha value is -3.46. The number of rotatable bonds is 6. The van der Waals surface area contributed by atoms with Crippen LogP contribution in [0.25, 0.3) is 11.0 Å². The predicted molar refractivity (Wildman–Crippen MR) is 119 cm³/mol. The first-order valence-electron chi connectivity index (χ1n) is 9.87. The van der Waals surface area contributed by atoms with Crippen LogP contribution in [-0.2, 0) is 11.0 Å². The number of halogens is 2. The Balaban J connectivity index is 1.68. The molecule has 164 valence electrons. The van der Waals surface area contributed by atoms with Crippen LogP contribution in [0.4, 0.5) is 14.5 Å². The smallest absolute Gasteiger partial charge is 0.201 e. The second-order valence-corrected chi connectivity index (χ2v) is 8.81. The zero-order valence-corrected chi connectivity index (χ0v) is 18.4. The molecule has 0 aliphatic carbocycles. The van der Waals surface area contributed by atoms with Crippen molar-refractivity contribution in [3.63, 3.8) is 0 Å². The summed E-state index contributed by atoms with van der Waals surface area (Å²) in [6, 6.07) is 9.14. The number of fused-ring (bicyclic) bond motifs is 1. The molecule has 0 amide bonds. The van der Waals surface area contributed by atoms with Crippen molar-refractivity contribution >= 4 is 33.5 Å². The summed E-state index contributed by atoms with van der Waals surface area (Å²) in [7, 11) is -1.81. The van der Waals surface area contributed by atoms with Crippen LogP contribution in [0, 0.1) is 18.6 Å². The summed E-state index contributed by atoms with van der Waals surface area (Å²) in [4.78, 5) is 24.4. The normalized spacial score (nSPS) is 12.3. The predicted octanol–water partition coefficient (Wildman–Crippen LogP) is 5.03. The quantitative estimate of drug-likeness (QED) is 0.400. The number of aromatic amines is 1. The molecule has 2 heterocycles. The van der Waals surface area contributed by atoms with Crippen LogP contribution in [-0.4, -0.2) is 24.9 Å². The molecule has 2 aromatic carbocycles. The number of nitrogens with one attached hydrogen (secondary N) is 2. The van der Waals surface area contributed by atoms with Gasteiger partial charge in [-0.3, -0.25) is 9.52 Å². The van der Waals surface area contributed by atoms with E-state index in [1.54, 1.807) is 19.1 Å². The standard InChI is InChI=1S/C23H20F2N4O2S/c1-12(2)14-4-6-15(7-5-14)32(31)29-18-9-8-17(24)20(21(18)25)22(30)16-10-26-23-19(16)13(3)27-11-28-23/h4-12,29H,1-3H3,(H,26,27,28). The Morgan fingerprint density at radius 2 is 1.81 bits per heavy atom. The van der Waals surface area contributed by atoms with Gasteiger partial charge in [0.2, 0.25) is 5.78 Å². The van der Waals surface area contributed by atoms with Crippen LogP contribution in [0.15, 0.2) is 53.8 Å². The molecule has 0 aliphatic rings. The number of aryl methyl sites for hydroxylation is 1. The van der Waals surface area contributed by atoms with E-state index in [1.165, 1.54) is 12.5 Å². The molecule has 4 aromatic rings. The van der Waals surface area contributed by atoms with Gasteiger partial charge in [0.15, 0.2) is 5.82 Å². The molecular formula is C23H20F2N4O2S. The van der Waals surface area contributed by atoms with Crippen LogP contribution < -0.4 is 4.72 Å². The Morgan fingerprint density at radius 3 is 2.50 bits per heavy atom. The Morgan fingerprint density at radius 1 is 1.09 bits per heavy atom. The molecule has 0 saturated heterocycles. The van der Waals surface area contributed by atoms with Crippen molar-refractivity contribution in [2.24, 2.45) is 0 Å². The van der Waals surface area contributed by atoms with Gasteiger partial charge in [-0.15, -0.1) is 0 Å². The molecule has 0 aliphatic heterocycles. The molecule has 0 spiro atoms. The SMILES string of the molecule is Cc1ncnc2[nH]cc(C(=O)c3c(F)ccc(NS(=O)c4ccc(C(C)C)cc4)c3F)c12. The maximum absolute atomic E-state index is 15.2. The first-order valence-corrected chi connectivity index (χ1v) is 11.0. The molecule has 1 unspecified atom stereocenters. The zero-order valence-electron chi connectivity index (χ0n) is 17.6. The van der Waals surface area contributed by atoms with Gasteiger partial charge in [-0.05, 0) is 42.7 Å². The van der Waals surface area contributed by atoms with Gasteiger partial charge >= 0.3 is 0 Å². The van der Waals surface area contributed by atoms with E-state index in [2.05, 4.69) is 19.7 Å². The lowest BCUT2D eigenvalue weighted by molar-refractivity contribution is 0.103. The van der Waals surface area contributed by atoms with Gasteiger partial charge in [0.1, 0.15) is 28.8 Å². The number of benzene rings is 2. The van der Waals surface area contributed by atoms with E-state index in [9.17, 15) is 13.4 Å². The lowest BCUT2D eigenvalue weighted by atomic mass is 10.0. The minimum Gasteiger partial charge on any atom is -0.345 e. The molecule has 0 radical (unpaired) electrons. The maximum atomic E-state index is 15.2. The Kier molecular flexibility index (Phi) is 5.84. The van der Waals surface area contributed by atoms with Gasteiger partial charge in [-0.25, -0.2) is 23.0 Å². The Labute approximate surface area is 185 Å². The fourth-order valence-corrected chi connectivity index (χ4v) is 4.27. The highest BCUT2D eigenvalue weighted by Gasteiger charge is 2.25. The highest BCUT2D eigenvalue weighted by Crippen LogP contribution is 2.28. The molecule has 2 N–H and O–H groups in total. The van der Waals surface area contributed by atoms with E-state index in [4.69, 9.17) is 0 Å². The van der Waals surface area contributed by atoms with Gasteiger partial charge in [-0.1, -0.05) is 26.0 Å². The van der Waals surface area contributed by atoms with Crippen LogP contribution >= 0.6 is 0 Å². The van der Waals surface area contributed by atoms with Crippen molar-refractivity contribution in [3.05, 3.63) is 82.9 Å². The lowest BCUT2D eigenvalue weighted by Crippen LogP contribution is -2.12. The van der Waals surface area contributed by atoms with Crippen molar-refractivity contribution in [2.45, 2.75) is 31.6 Å². The van der Waals surface area contributed by atoms with Crippen LogP contribution in [0.1, 0.15) is 46.9 Å². The van der Waals surface area contributed by atoms with Crippen molar-refractivity contribution in [3.8, 4) is 0 Å². The largest absolute Gasteiger partial charge is 0.345 e. The molecule has 9 heteroatoms. The number of hydrogen-bond acceptors (Lipinski definition) is 4. The number of carbonyl (C=O) groups excluding carboxylic acids is 1. The maximum Gasteiger partial charge on any atom is 0.201 e. The summed E-state index contributed by atoms with van der Waals surface area (Å²) in [5.41, 5.74) is 1.03. The summed E-state index contributed by atoms with van der Waals surface area (Å²) < 4.78 is 45.0. The third-order valence-corrected chi connectivity index (χ3v) is 6.29. The average Bonchev–Trinajstić information content (AvgIpc) is 3.21. The van der Waals surface area contributed by atoms with E-state index in [1.807, 2.05) is 26.0 Å². The highest BCUT2D eigenvalue weighted by molar-refractivity contribution is 7.86. The molecule has 0 bridgehead atoms. The summed E-state index contributed by atoms with van der Waals surface area (Å²) in [5, 5.41) is 0.392. The Bertz CT molecular complexity index is 1350. The summed E-state index contributed by atoms with van der Waals surface area (Å²) in [5.74, 6) is -2.69. The van der Waals surface area contributed by atoms with Crippen molar-refractivity contribution in [2.75, 3.05) is 4.72 Å². The first kappa shape index (κ1) is 21.8. The molecule has 4 rings (SSSR count). The fourth-order valence-electron chi connectivity index (χ4n) is 3.41. The van der Waals surface area contributed by atoms with Crippen molar-refractivity contribution < 1.29 is 17.8 Å². The third kappa shape index (κ3) is 3.91. The van der Waals surface area contributed by atoms with E-state index in [0.717, 1.165) is 17.7 Å². The number of carbonyl (C=O) groups is 1. The number of nitrogens with zero attached hydrogens (tertiary/aromatic N) is 2. The van der Waals surface area contributed by atoms with E-state index < -0.39 is 34.0 Å². The number of anilines is 1. The molecule has 6 nitrogen and oxygen atoms in total. The van der Waals surface area contributed by atoms with E-state index in [0.29, 0.717) is 27.5 Å². The molecular weight excluding hydrogens is 434 g/mol. The minimum absolute atomic E-state index is 0.0541. The molecule has 1 atom stereocenters. The highest BCUT2D eigenvalue weighted by atomic mass is 32.2. The van der Waals surface area contributed by atoms with Gasteiger partial charge in [0.05, 0.1) is 32.8 Å². The van der Waals surface area contributed by atoms with Crippen LogP contribution in [0.2, 0.25) is 0 Å². The number of H-pyrrole nitrogens is 1. The molecule has 0 fully saturated rings. The van der Waals surface area contributed by atoms with Crippen molar-refractivity contribution in [1.29, 1.82) is 0 Å².